The summed E-state index contributed by atoms with van der Waals surface area (Å²) >= 11 is 1.37. The first-order valence-electron chi connectivity index (χ1n) is 7.94. The van der Waals surface area contributed by atoms with Crippen LogP contribution in [0, 0.1) is 0 Å². The van der Waals surface area contributed by atoms with Crippen molar-refractivity contribution in [2.45, 2.75) is 36.1 Å². The molecule has 2 aromatic heterocycles. The monoisotopic (exact) mass is 385 g/mol. The summed E-state index contributed by atoms with van der Waals surface area (Å²) in [7, 11) is 0. The maximum absolute atomic E-state index is 10.5. The van der Waals surface area contributed by atoms with E-state index in [1.165, 1.54) is 18.1 Å². The fourth-order valence-electron chi connectivity index (χ4n) is 2.87. The van der Waals surface area contributed by atoms with Gasteiger partial charge in [-0.1, -0.05) is 11.8 Å². The molecule has 0 spiro atoms. The van der Waals surface area contributed by atoms with Gasteiger partial charge < -0.3 is 20.7 Å². The molecule has 3 heterocycles. The van der Waals surface area contributed by atoms with Crippen molar-refractivity contribution < 1.29 is 14.9 Å². The Kier molecular flexibility index (Phi) is 5.14. The second kappa shape index (κ2) is 6.89. The minimum Gasteiger partial charge on any atom is -0.388 e. The van der Waals surface area contributed by atoms with Crippen LogP contribution in [0.4, 0.5) is 5.82 Å². The van der Waals surface area contributed by atoms with Gasteiger partial charge in [0.15, 0.2) is 22.8 Å². The fraction of sp³-hybridized carbons (Fsp3) is 0.600. The van der Waals surface area contributed by atoms with E-state index in [0.717, 1.165) is 6.16 Å². The van der Waals surface area contributed by atoms with Crippen LogP contribution in [0.5, 0.6) is 0 Å². The highest BCUT2D eigenvalue weighted by Gasteiger charge is 2.44. The van der Waals surface area contributed by atoms with E-state index in [-0.39, 0.29) is 5.82 Å². The summed E-state index contributed by atoms with van der Waals surface area (Å²) in [4.78, 5) is 12.8. The molecule has 1 fully saturated rings. The van der Waals surface area contributed by atoms with Crippen molar-refractivity contribution in [3.05, 3.63) is 6.33 Å². The van der Waals surface area contributed by atoms with Crippen molar-refractivity contribution in [1.82, 2.24) is 19.5 Å². The van der Waals surface area contributed by atoms with Crippen LogP contribution in [0.2, 0.25) is 0 Å². The Balaban J connectivity index is 1.90. The minimum atomic E-state index is -1.23. The van der Waals surface area contributed by atoms with Crippen molar-refractivity contribution in [1.29, 1.82) is 0 Å². The lowest BCUT2D eigenvalue weighted by Gasteiger charge is -2.18. The van der Waals surface area contributed by atoms with E-state index >= 15 is 0 Å². The molecule has 8 nitrogen and oxygen atoms in total. The van der Waals surface area contributed by atoms with Crippen LogP contribution >= 0.6 is 18.6 Å². The van der Waals surface area contributed by atoms with E-state index in [1.807, 2.05) is 6.26 Å². The summed E-state index contributed by atoms with van der Waals surface area (Å²) in [5.74, 6) is 0.279. The quantitative estimate of drug-likeness (QED) is 0.394. The molecule has 1 saturated heterocycles. The Hall–Kier alpha value is -1.12. The highest BCUT2D eigenvalue weighted by atomic mass is 32.2. The van der Waals surface area contributed by atoms with Crippen LogP contribution in [0.1, 0.15) is 12.6 Å². The van der Waals surface area contributed by atoms with Crippen molar-refractivity contribution >= 4 is 41.9 Å². The highest BCUT2D eigenvalue weighted by molar-refractivity contribution is 7.98. The number of hydrogen-bond acceptors (Lipinski definition) is 8. The number of aliphatic hydroxyl groups is 2. The molecule has 0 bridgehead atoms. The van der Waals surface area contributed by atoms with E-state index in [1.54, 1.807) is 4.57 Å². The number of nitrogen functional groups attached to an aromatic ring is 1. The summed E-state index contributed by atoms with van der Waals surface area (Å²) in [5.41, 5.74) is 6.87. The van der Waals surface area contributed by atoms with E-state index in [4.69, 9.17) is 10.5 Å². The van der Waals surface area contributed by atoms with E-state index in [0.29, 0.717) is 22.7 Å². The minimum absolute atomic E-state index is 0.279. The normalized spacial score (nSPS) is 27.2. The third-order valence-corrected chi connectivity index (χ3v) is 6.26. The number of imidazole rings is 1. The van der Waals surface area contributed by atoms with Gasteiger partial charge in [-0.2, -0.15) is 0 Å². The van der Waals surface area contributed by atoms with E-state index < -0.39 is 31.4 Å². The second-order valence-electron chi connectivity index (χ2n) is 6.91. The maximum Gasteiger partial charge on any atom is 0.191 e. The second-order valence-corrected chi connectivity index (χ2v) is 12.0. The molecule has 0 unspecified atom stereocenters. The van der Waals surface area contributed by atoms with Gasteiger partial charge in [0.05, 0.1) is 12.4 Å². The number of thioether (sulfide) groups is 1. The van der Waals surface area contributed by atoms with Crippen LogP contribution in [0.15, 0.2) is 11.5 Å². The molecule has 25 heavy (non-hydrogen) atoms. The molecule has 3 rings (SSSR count). The molecular formula is C15H24N5O3PS. The zero-order chi connectivity index (χ0) is 18.4. The first-order valence-corrected chi connectivity index (χ1v) is 12.2. The van der Waals surface area contributed by atoms with Gasteiger partial charge in [0.25, 0.3) is 0 Å². The molecule has 0 aromatic carbocycles. The maximum atomic E-state index is 10.5. The molecule has 0 saturated carbocycles. The average Bonchev–Trinajstić information content (AvgIpc) is 3.08. The molecule has 4 N–H and O–H groups in total. The molecule has 0 aliphatic carbocycles. The first kappa shape index (κ1) is 18.7. The lowest BCUT2D eigenvalue weighted by molar-refractivity contribution is -0.0353. The third kappa shape index (κ3) is 3.71. The van der Waals surface area contributed by atoms with Gasteiger partial charge in [-0.05, 0) is 32.2 Å². The summed E-state index contributed by atoms with van der Waals surface area (Å²) in [6.45, 7) is 3.04. The Labute approximate surface area is 150 Å². The van der Waals surface area contributed by atoms with Gasteiger partial charge >= 0.3 is 0 Å². The van der Waals surface area contributed by atoms with E-state index in [9.17, 15) is 10.2 Å². The van der Waals surface area contributed by atoms with Gasteiger partial charge in [0.2, 0.25) is 0 Å². The predicted molar refractivity (Wildman–Crippen MR) is 103 cm³/mol. The molecule has 0 radical (unpaired) electrons. The topological polar surface area (TPSA) is 119 Å². The summed E-state index contributed by atoms with van der Waals surface area (Å²) in [6, 6.07) is 0. The number of nitrogens with zero attached hydrogens (tertiary/aromatic N) is 4. The van der Waals surface area contributed by atoms with Crippen LogP contribution in [-0.4, -0.2) is 80.1 Å². The number of ether oxygens (including phenoxy) is 1. The predicted octanol–water partition coefficient (Wildman–Crippen LogP) is 0.849. The van der Waals surface area contributed by atoms with Gasteiger partial charge in [0.1, 0.15) is 17.7 Å². The number of hydrogen-bond donors (Lipinski definition) is 3. The molecule has 138 valence electrons. The molecule has 10 heteroatoms. The summed E-state index contributed by atoms with van der Waals surface area (Å²) in [6.07, 6.45) is 5.83. The lowest BCUT2D eigenvalue weighted by atomic mass is 10.1. The molecule has 4 atom stereocenters. The average molecular weight is 385 g/mol. The summed E-state index contributed by atoms with van der Waals surface area (Å²) in [5, 5.41) is 21.4. The molecule has 1 aliphatic rings. The van der Waals surface area contributed by atoms with Crippen LogP contribution in [0.3, 0.4) is 0 Å². The first-order chi connectivity index (χ1) is 11.7. The number of rotatable bonds is 5. The zero-order valence-electron chi connectivity index (χ0n) is 14.5. The van der Waals surface area contributed by atoms with Gasteiger partial charge in [0, 0.05) is 0 Å². The van der Waals surface area contributed by atoms with Gasteiger partial charge in [-0.15, -0.1) is 13.2 Å². The molecular weight excluding hydrogens is 361 g/mol. The Bertz CT molecular complexity index is 823. The number of fused-ring (bicyclic) bond motifs is 1. The number of anilines is 1. The lowest BCUT2D eigenvalue weighted by Crippen LogP contribution is -2.31. The van der Waals surface area contributed by atoms with Crippen molar-refractivity contribution in [3.8, 4) is 0 Å². The van der Waals surface area contributed by atoms with Crippen LogP contribution in [-0.2, 0) is 4.74 Å². The Morgan fingerprint density at radius 3 is 2.72 bits per heavy atom. The van der Waals surface area contributed by atoms with Gasteiger partial charge in [-0.3, -0.25) is 4.57 Å². The van der Waals surface area contributed by atoms with Crippen molar-refractivity contribution in [2.75, 3.05) is 31.5 Å². The zero-order valence-corrected chi connectivity index (χ0v) is 16.2. The third-order valence-electron chi connectivity index (χ3n) is 4.24. The largest absolute Gasteiger partial charge is 0.388 e. The number of aromatic nitrogens is 4. The SMILES string of the molecule is C=P(C)(C)CC[C@H]1O[C@@H](n2cnc3c(N)nc(SC)nc32)[C@H](O)[C@@H]1O. The molecule has 2 aromatic rings. The number of nitrogens with two attached hydrogens (primary N) is 1. The Morgan fingerprint density at radius 2 is 2.08 bits per heavy atom. The van der Waals surface area contributed by atoms with Crippen LogP contribution < -0.4 is 5.73 Å². The standard InChI is InChI=1S/C15H24N5O3PS/c1-24(2,3)6-5-8-10(21)11(22)14(23-8)20-7-17-9-12(16)18-15(25-4)19-13(9)20/h7-8,10-11,14,21-22H,1,5-6H2,2-4H3,(H2,16,18,19)/t8-,10-,11-,14-/m1/s1. The van der Waals surface area contributed by atoms with E-state index in [2.05, 4.69) is 34.6 Å². The smallest absolute Gasteiger partial charge is 0.191 e. The van der Waals surface area contributed by atoms with Gasteiger partial charge in [-0.25, -0.2) is 15.0 Å². The highest BCUT2D eigenvalue weighted by Crippen LogP contribution is 2.40. The van der Waals surface area contributed by atoms with Crippen LogP contribution in [0.25, 0.3) is 11.2 Å². The fourth-order valence-corrected chi connectivity index (χ4v) is 4.19. The molecule has 0 amide bonds. The van der Waals surface area contributed by atoms with Crippen molar-refractivity contribution in [3.63, 3.8) is 0 Å². The summed E-state index contributed by atoms with van der Waals surface area (Å²) < 4.78 is 7.57. The molecule has 1 aliphatic heterocycles. The number of aliphatic hydroxyl groups excluding tert-OH is 2. The van der Waals surface area contributed by atoms with Crippen molar-refractivity contribution in [2.24, 2.45) is 0 Å². The Morgan fingerprint density at radius 1 is 1.36 bits per heavy atom.